The number of imidazole rings is 1. The Morgan fingerprint density at radius 3 is 1.91 bits per heavy atom. The van der Waals surface area contributed by atoms with E-state index in [-0.39, 0.29) is 5.41 Å². The predicted octanol–water partition coefficient (Wildman–Crippen LogP) is 10.9. The van der Waals surface area contributed by atoms with Crippen molar-refractivity contribution in [1.29, 1.82) is 0 Å². The molecule has 0 fully saturated rings. The Bertz CT molecular complexity index is 2300. The second-order valence-corrected chi connectivity index (χ2v) is 12.8. The van der Waals surface area contributed by atoms with Crippen molar-refractivity contribution in [2.45, 2.75) is 33.1 Å². The third-order valence-corrected chi connectivity index (χ3v) is 8.67. The van der Waals surface area contributed by atoms with Gasteiger partial charge in [-0.3, -0.25) is 4.57 Å². The summed E-state index contributed by atoms with van der Waals surface area (Å²) in [5, 5.41) is 2.04. The molecule has 0 spiro atoms. The lowest BCUT2D eigenvalue weighted by molar-refractivity contribution is 0.590. The summed E-state index contributed by atoms with van der Waals surface area (Å²) in [4.78, 5) is 10.0. The number of benzene rings is 5. The van der Waals surface area contributed by atoms with E-state index in [1.54, 1.807) is 0 Å². The van der Waals surface area contributed by atoms with E-state index in [9.17, 15) is 0 Å². The highest BCUT2D eigenvalue weighted by Gasteiger charge is 2.26. The van der Waals surface area contributed by atoms with Gasteiger partial charge in [-0.1, -0.05) is 106 Å². The molecule has 218 valence electrons. The van der Waals surface area contributed by atoms with Gasteiger partial charge in [-0.15, -0.1) is 0 Å². The van der Waals surface area contributed by atoms with Crippen molar-refractivity contribution in [3.63, 3.8) is 0 Å². The van der Waals surface area contributed by atoms with Crippen LogP contribution in [-0.4, -0.2) is 14.5 Å². The first-order valence-corrected chi connectivity index (χ1v) is 15.4. The van der Waals surface area contributed by atoms with E-state index < -0.39 is 0 Å². The van der Waals surface area contributed by atoms with Crippen LogP contribution in [0.3, 0.4) is 0 Å². The smallest absolute Gasteiger partial charge is 0.227 e. The summed E-state index contributed by atoms with van der Waals surface area (Å²) < 4.78 is 8.88. The molecule has 0 bridgehead atoms. The minimum absolute atomic E-state index is 0.0591. The SMILES string of the molecule is Cc1ccc2c(n1)oc1c(-c3nc4ccccc4n3-c3c(-c4ccccc4)cc(C(C)(C)C)cc3-c3ccccc3)cccc12. The molecule has 0 unspecified atom stereocenters. The van der Waals surface area contributed by atoms with Gasteiger partial charge in [0.1, 0.15) is 11.4 Å². The lowest BCUT2D eigenvalue weighted by Gasteiger charge is -2.26. The van der Waals surface area contributed by atoms with E-state index in [2.05, 4.69) is 147 Å². The van der Waals surface area contributed by atoms with Crippen LogP contribution in [0.5, 0.6) is 0 Å². The lowest BCUT2D eigenvalue weighted by Crippen LogP contribution is -2.13. The molecule has 4 nitrogen and oxygen atoms in total. The lowest BCUT2D eigenvalue weighted by atomic mass is 9.82. The van der Waals surface area contributed by atoms with Gasteiger partial charge in [-0.25, -0.2) is 9.97 Å². The number of hydrogen-bond donors (Lipinski definition) is 0. The third kappa shape index (κ3) is 4.53. The Balaban J connectivity index is 1.54. The molecule has 0 aliphatic carbocycles. The van der Waals surface area contributed by atoms with Crippen LogP contribution in [0.25, 0.3) is 72.4 Å². The highest BCUT2D eigenvalue weighted by Crippen LogP contribution is 2.44. The molecule has 0 saturated heterocycles. The summed E-state index contributed by atoms with van der Waals surface area (Å²) in [5.41, 5.74) is 12.2. The molecule has 3 heterocycles. The van der Waals surface area contributed by atoms with Crippen molar-refractivity contribution >= 4 is 33.1 Å². The largest absolute Gasteiger partial charge is 0.437 e. The van der Waals surface area contributed by atoms with Gasteiger partial charge in [0.05, 0.1) is 22.3 Å². The molecule has 0 radical (unpaired) electrons. The second kappa shape index (κ2) is 10.3. The Morgan fingerprint density at radius 1 is 0.600 bits per heavy atom. The maximum Gasteiger partial charge on any atom is 0.227 e. The summed E-state index contributed by atoms with van der Waals surface area (Å²) >= 11 is 0. The maximum atomic E-state index is 6.53. The van der Waals surface area contributed by atoms with Gasteiger partial charge in [-0.05, 0) is 71.5 Å². The van der Waals surface area contributed by atoms with Crippen LogP contribution in [0, 0.1) is 6.92 Å². The highest BCUT2D eigenvalue weighted by molar-refractivity contribution is 6.09. The normalized spacial score (nSPS) is 12.0. The zero-order valence-corrected chi connectivity index (χ0v) is 25.9. The second-order valence-electron chi connectivity index (χ2n) is 12.8. The molecule has 0 saturated carbocycles. The number of fused-ring (bicyclic) bond motifs is 4. The maximum absolute atomic E-state index is 6.53. The van der Waals surface area contributed by atoms with Gasteiger partial charge < -0.3 is 4.42 Å². The molecule has 4 heteroatoms. The highest BCUT2D eigenvalue weighted by atomic mass is 16.3. The molecule has 0 amide bonds. The van der Waals surface area contributed by atoms with E-state index >= 15 is 0 Å². The van der Waals surface area contributed by atoms with E-state index in [0.717, 1.165) is 72.4 Å². The van der Waals surface area contributed by atoms with Gasteiger partial charge in [0.2, 0.25) is 5.71 Å². The van der Waals surface area contributed by atoms with Crippen molar-refractivity contribution in [2.75, 3.05) is 0 Å². The van der Waals surface area contributed by atoms with Crippen molar-refractivity contribution in [3.8, 4) is 39.3 Å². The monoisotopic (exact) mass is 583 g/mol. The Labute approximate surface area is 262 Å². The van der Waals surface area contributed by atoms with E-state index in [4.69, 9.17) is 14.4 Å². The van der Waals surface area contributed by atoms with Crippen LogP contribution < -0.4 is 0 Å². The van der Waals surface area contributed by atoms with Crippen molar-refractivity contribution in [1.82, 2.24) is 14.5 Å². The first-order chi connectivity index (χ1) is 21.9. The first kappa shape index (κ1) is 27.1. The average molecular weight is 584 g/mol. The van der Waals surface area contributed by atoms with Gasteiger partial charge >= 0.3 is 0 Å². The predicted molar refractivity (Wildman–Crippen MR) is 186 cm³/mol. The number of rotatable bonds is 4. The van der Waals surface area contributed by atoms with Crippen LogP contribution in [0.2, 0.25) is 0 Å². The molecule has 8 rings (SSSR count). The number of nitrogens with zero attached hydrogens (tertiary/aromatic N) is 3. The Kier molecular flexibility index (Phi) is 6.21. The van der Waals surface area contributed by atoms with Crippen LogP contribution in [0.15, 0.2) is 132 Å². The Morgan fingerprint density at radius 2 is 1.24 bits per heavy atom. The number of aromatic nitrogens is 3. The number of para-hydroxylation sites is 3. The van der Waals surface area contributed by atoms with Gasteiger partial charge in [0.15, 0.2) is 0 Å². The number of pyridine rings is 1. The van der Waals surface area contributed by atoms with E-state index in [1.165, 1.54) is 5.56 Å². The first-order valence-electron chi connectivity index (χ1n) is 15.4. The summed E-state index contributed by atoms with van der Waals surface area (Å²) in [5.74, 6) is 0.829. The molecule has 0 aliphatic heterocycles. The minimum atomic E-state index is -0.0591. The molecule has 8 aromatic rings. The summed E-state index contributed by atoms with van der Waals surface area (Å²) in [6, 6.07) is 45.0. The number of hydrogen-bond acceptors (Lipinski definition) is 3. The summed E-state index contributed by atoms with van der Waals surface area (Å²) in [6.07, 6.45) is 0. The molecule has 0 N–H and O–H groups in total. The van der Waals surface area contributed by atoms with Crippen LogP contribution in [0.4, 0.5) is 0 Å². The van der Waals surface area contributed by atoms with Gasteiger partial charge in [0.25, 0.3) is 0 Å². The molecule has 0 atom stereocenters. The molecule has 3 aromatic heterocycles. The summed E-state index contributed by atoms with van der Waals surface area (Å²) in [7, 11) is 0. The van der Waals surface area contributed by atoms with E-state index in [1.807, 2.05) is 13.0 Å². The number of furan rings is 1. The number of aryl methyl sites for hydroxylation is 1. The van der Waals surface area contributed by atoms with Crippen molar-refractivity contribution < 1.29 is 4.42 Å². The van der Waals surface area contributed by atoms with Crippen LogP contribution >= 0.6 is 0 Å². The molecular formula is C41H33N3O. The van der Waals surface area contributed by atoms with Crippen molar-refractivity contribution in [2.24, 2.45) is 0 Å². The topological polar surface area (TPSA) is 43.9 Å². The average Bonchev–Trinajstić information content (AvgIpc) is 3.62. The molecular weight excluding hydrogens is 550 g/mol. The summed E-state index contributed by atoms with van der Waals surface area (Å²) in [6.45, 7) is 8.83. The fraction of sp³-hybridized carbons (Fsp3) is 0.122. The van der Waals surface area contributed by atoms with Gasteiger partial charge in [0, 0.05) is 27.6 Å². The fourth-order valence-electron chi connectivity index (χ4n) is 6.36. The third-order valence-electron chi connectivity index (χ3n) is 8.67. The van der Waals surface area contributed by atoms with Crippen LogP contribution in [0.1, 0.15) is 32.0 Å². The molecule has 0 aliphatic rings. The zero-order chi connectivity index (χ0) is 30.7. The minimum Gasteiger partial charge on any atom is -0.437 e. The standard InChI is InChI=1S/C41H33N3O/c1-26-22-23-31-30-18-13-19-32(38(30)45-40(31)42-26)39-43-35-20-11-12-21-36(35)44(39)37-33(27-14-7-5-8-15-27)24-29(41(2,3)4)25-34(37)28-16-9-6-10-17-28/h5-25H,1-4H3. The molecule has 5 aromatic carbocycles. The fourth-order valence-corrected chi connectivity index (χ4v) is 6.36. The van der Waals surface area contributed by atoms with Crippen LogP contribution in [-0.2, 0) is 5.41 Å². The van der Waals surface area contributed by atoms with Crippen molar-refractivity contribution in [3.05, 3.63) is 139 Å². The quantitative estimate of drug-likeness (QED) is 0.207. The zero-order valence-electron chi connectivity index (χ0n) is 25.9. The van der Waals surface area contributed by atoms with E-state index in [0.29, 0.717) is 5.71 Å². The van der Waals surface area contributed by atoms with Gasteiger partial charge in [-0.2, -0.15) is 0 Å². The Hall–Kier alpha value is -5.48. The molecule has 45 heavy (non-hydrogen) atoms.